The number of nitrogen functional groups attached to an aromatic ring is 1. The minimum absolute atomic E-state index is 0.181. The number of aromatic nitrogens is 1. The molecule has 0 spiro atoms. The highest BCUT2D eigenvalue weighted by molar-refractivity contribution is 5.43. The average molecular weight is 232 g/mol. The quantitative estimate of drug-likeness (QED) is 0.860. The van der Waals surface area contributed by atoms with Crippen LogP contribution >= 0.6 is 0 Å². The van der Waals surface area contributed by atoms with Crippen molar-refractivity contribution in [3.8, 4) is 0 Å². The third-order valence-corrected chi connectivity index (χ3v) is 2.67. The van der Waals surface area contributed by atoms with Gasteiger partial charge in [0.15, 0.2) is 0 Å². The first-order valence-electron chi connectivity index (χ1n) is 5.28. The molecule has 0 saturated carbocycles. The second kappa shape index (κ2) is 4.41. The molecule has 0 aliphatic carbocycles. The number of benzene rings is 1. The molecule has 2 N–H and O–H groups in total. The molecule has 0 aliphatic rings. The van der Waals surface area contributed by atoms with E-state index in [1.54, 1.807) is 31.3 Å². The van der Waals surface area contributed by atoms with Crippen LogP contribution in [0, 0.1) is 12.7 Å². The minimum Gasteiger partial charge on any atom is -0.397 e. The van der Waals surface area contributed by atoms with Crippen molar-refractivity contribution in [1.82, 2.24) is 4.57 Å². The van der Waals surface area contributed by atoms with Crippen LogP contribution in [0.25, 0.3) is 0 Å². The van der Waals surface area contributed by atoms with Crippen LogP contribution in [0.5, 0.6) is 0 Å². The molecule has 0 amide bonds. The van der Waals surface area contributed by atoms with Crippen LogP contribution in [0.15, 0.2) is 41.3 Å². The summed E-state index contributed by atoms with van der Waals surface area (Å²) >= 11 is 0. The van der Waals surface area contributed by atoms with E-state index in [2.05, 4.69) is 0 Å². The first-order chi connectivity index (χ1) is 8.08. The smallest absolute Gasteiger partial charge is 0.251 e. The number of halogens is 1. The molecule has 0 radical (unpaired) electrons. The summed E-state index contributed by atoms with van der Waals surface area (Å²) in [6, 6.07) is 7.83. The lowest BCUT2D eigenvalue weighted by Gasteiger charge is -2.09. The number of nitrogens with zero attached hydrogens (tertiary/aromatic N) is 1. The zero-order valence-corrected chi connectivity index (χ0v) is 9.48. The van der Waals surface area contributed by atoms with Gasteiger partial charge in [0.25, 0.3) is 5.56 Å². The first-order valence-corrected chi connectivity index (χ1v) is 5.28. The maximum Gasteiger partial charge on any atom is 0.251 e. The van der Waals surface area contributed by atoms with Crippen LogP contribution in [0.1, 0.15) is 11.1 Å². The fraction of sp³-hybridized carbons (Fsp3) is 0.154. The van der Waals surface area contributed by atoms with Gasteiger partial charge in [-0.15, -0.1) is 0 Å². The summed E-state index contributed by atoms with van der Waals surface area (Å²) in [4.78, 5) is 11.7. The summed E-state index contributed by atoms with van der Waals surface area (Å²) < 4.78 is 14.8. The van der Waals surface area contributed by atoms with Crippen molar-refractivity contribution < 1.29 is 4.39 Å². The van der Waals surface area contributed by atoms with Crippen LogP contribution in [0.2, 0.25) is 0 Å². The van der Waals surface area contributed by atoms with Gasteiger partial charge in [-0.1, -0.05) is 18.2 Å². The van der Waals surface area contributed by atoms with Crippen molar-refractivity contribution in [2.45, 2.75) is 13.5 Å². The molecule has 0 atom stereocenters. The molecule has 0 unspecified atom stereocenters. The molecule has 1 aromatic carbocycles. The fourth-order valence-electron chi connectivity index (χ4n) is 1.62. The molecule has 88 valence electrons. The van der Waals surface area contributed by atoms with Gasteiger partial charge < -0.3 is 10.3 Å². The lowest BCUT2D eigenvalue weighted by atomic mass is 10.2. The van der Waals surface area contributed by atoms with Gasteiger partial charge in [-0.2, -0.15) is 0 Å². The van der Waals surface area contributed by atoms with E-state index in [1.165, 1.54) is 16.7 Å². The molecule has 0 saturated heterocycles. The van der Waals surface area contributed by atoms with Gasteiger partial charge in [0.1, 0.15) is 5.82 Å². The first kappa shape index (κ1) is 11.4. The van der Waals surface area contributed by atoms with E-state index in [9.17, 15) is 9.18 Å². The Hall–Kier alpha value is -2.10. The molecule has 17 heavy (non-hydrogen) atoms. The number of nitrogens with two attached hydrogens (primary N) is 1. The molecule has 0 fully saturated rings. The van der Waals surface area contributed by atoms with Gasteiger partial charge in [-0.25, -0.2) is 4.39 Å². The second-order valence-corrected chi connectivity index (χ2v) is 3.97. The highest BCUT2D eigenvalue weighted by Gasteiger charge is 2.05. The Morgan fingerprint density at radius 1 is 1.35 bits per heavy atom. The zero-order chi connectivity index (χ0) is 12.4. The van der Waals surface area contributed by atoms with E-state index in [0.29, 0.717) is 11.3 Å². The number of rotatable bonds is 2. The molecular weight excluding hydrogens is 219 g/mol. The van der Waals surface area contributed by atoms with Crippen LogP contribution in [-0.4, -0.2) is 4.57 Å². The van der Waals surface area contributed by atoms with Crippen molar-refractivity contribution in [3.05, 3.63) is 63.8 Å². The Bertz CT molecular complexity index is 605. The van der Waals surface area contributed by atoms with E-state index in [-0.39, 0.29) is 17.9 Å². The predicted molar refractivity (Wildman–Crippen MR) is 65.4 cm³/mol. The van der Waals surface area contributed by atoms with Crippen molar-refractivity contribution in [2.24, 2.45) is 0 Å². The Morgan fingerprint density at radius 2 is 2.06 bits per heavy atom. The monoisotopic (exact) mass is 232 g/mol. The maximum absolute atomic E-state index is 13.4. The summed E-state index contributed by atoms with van der Waals surface area (Å²) in [5, 5.41) is 0. The third kappa shape index (κ3) is 2.36. The molecular formula is C13H13FN2O. The number of hydrogen-bond acceptors (Lipinski definition) is 2. The van der Waals surface area contributed by atoms with E-state index in [4.69, 9.17) is 5.73 Å². The molecule has 2 rings (SSSR count). The Kier molecular flexibility index (Phi) is 2.95. The zero-order valence-electron chi connectivity index (χ0n) is 9.48. The number of pyridine rings is 1. The Labute approximate surface area is 98.3 Å². The van der Waals surface area contributed by atoms with Crippen molar-refractivity contribution in [3.63, 3.8) is 0 Å². The van der Waals surface area contributed by atoms with Crippen molar-refractivity contribution >= 4 is 5.69 Å². The van der Waals surface area contributed by atoms with Crippen LogP contribution < -0.4 is 11.3 Å². The largest absolute Gasteiger partial charge is 0.397 e. The standard InChI is InChI=1S/C13H13FN2O/c1-9-6-13(17)16(8-12(9)15)7-10-4-2-3-5-11(10)14/h2-6,8H,7,15H2,1H3. The van der Waals surface area contributed by atoms with Gasteiger partial charge in [-0.3, -0.25) is 4.79 Å². The van der Waals surface area contributed by atoms with Crippen molar-refractivity contribution in [1.29, 1.82) is 0 Å². The maximum atomic E-state index is 13.4. The molecule has 1 heterocycles. The van der Waals surface area contributed by atoms with Gasteiger partial charge >= 0.3 is 0 Å². The Balaban J connectivity index is 2.41. The summed E-state index contributed by atoms with van der Waals surface area (Å²) in [5.41, 5.74) is 7.28. The molecule has 2 aromatic rings. The highest BCUT2D eigenvalue weighted by atomic mass is 19.1. The summed E-state index contributed by atoms with van der Waals surface area (Å²) in [6.45, 7) is 1.96. The molecule has 0 bridgehead atoms. The van der Waals surface area contributed by atoms with Gasteiger partial charge in [0.05, 0.1) is 12.2 Å². The molecule has 1 aromatic heterocycles. The SMILES string of the molecule is Cc1cc(=O)n(Cc2ccccc2F)cc1N. The lowest BCUT2D eigenvalue weighted by Crippen LogP contribution is -2.21. The van der Waals surface area contributed by atoms with Crippen LogP contribution in [0.4, 0.5) is 10.1 Å². The fourth-order valence-corrected chi connectivity index (χ4v) is 1.62. The van der Waals surface area contributed by atoms with E-state index >= 15 is 0 Å². The number of anilines is 1. The lowest BCUT2D eigenvalue weighted by molar-refractivity contribution is 0.596. The van der Waals surface area contributed by atoms with E-state index < -0.39 is 0 Å². The van der Waals surface area contributed by atoms with Crippen LogP contribution in [0.3, 0.4) is 0 Å². The number of aryl methyl sites for hydroxylation is 1. The molecule has 0 aliphatic heterocycles. The van der Waals surface area contributed by atoms with Crippen LogP contribution in [-0.2, 0) is 6.54 Å². The predicted octanol–water partition coefficient (Wildman–Crippen LogP) is 1.93. The topological polar surface area (TPSA) is 48.0 Å². The second-order valence-electron chi connectivity index (χ2n) is 3.97. The number of hydrogen-bond donors (Lipinski definition) is 1. The van der Waals surface area contributed by atoms with E-state index in [0.717, 1.165) is 5.56 Å². The van der Waals surface area contributed by atoms with Gasteiger partial charge in [0.2, 0.25) is 0 Å². The van der Waals surface area contributed by atoms with Gasteiger partial charge in [0, 0.05) is 17.8 Å². The Morgan fingerprint density at radius 3 is 2.76 bits per heavy atom. The highest BCUT2D eigenvalue weighted by Crippen LogP contribution is 2.10. The summed E-state index contributed by atoms with van der Waals surface area (Å²) in [6.07, 6.45) is 1.55. The molecule has 3 nitrogen and oxygen atoms in total. The minimum atomic E-state index is -0.321. The van der Waals surface area contributed by atoms with Gasteiger partial charge in [-0.05, 0) is 18.6 Å². The summed E-state index contributed by atoms with van der Waals surface area (Å²) in [7, 11) is 0. The average Bonchev–Trinajstić information content (AvgIpc) is 2.29. The molecule has 4 heteroatoms. The third-order valence-electron chi connectivity index (χ3n) is 2.67. The van der Waals surface area contributed by atoms with E-state index in [1.807, 2.05) is 0 Å². The van der Waals surface area contributed by atoms with Crippen molar-refractivity contribution in [2.75, 3.05) is 5.73 Å². The summed E-state index contributed by atoms with van der Waals surface area (Å²) in [5.74, 6) is -0.321. The normalized spacial score (nSPS) is 10.5.